The first-order valence-electron chi connectivity index (χ1n) is 5.92. The zero-order valence-electron chi connectivity index (χ0n) is 10.2. The molecule has 0 aliphatic heterocycles. The van der Waals surface area contributed by atoms with Crippen molar-refractivity contribution in [1.29, 1.82) is 0 Å². The third-order valence-electron chi connectivity index (χ3n) is 3.42. The van der Waals surface area contributed by atoms with Gasteiger partial charge in [0, 0.05) is 12.1 Å². The fourth-order valence-electron chi connectivity index (χ4n) is 2.21. The average molecular weight is 255 g/mol. The minimum Gasteiger partial charge on any atom is -0.379 e. The molecule has 2 unspecified atom stereocenters. The minimum atomic E-state index is 0.00519. The molecule has 4 heteroatoms. The minimum absolute atomic E-state index is 0.00519. The van der Waals surface area contributed by atoms with Crippen molar-refractivity contribution in [2.45, 2.75) is 31.9 Å². The molecule has 1 aliphatic rings. The van der Waals surface area contributed by atoms with Gasteiger partial charge in [-0.2, -0.15) is 0 Å². The van der Waals surface area contributed by atoms with E-state index >= 15 is 0 Å². The molecule has 1 aromatic rings. The molecule has 1 fully saturated rings. The molecule has 0 aromatic heterocycles. The number of halogens is 1. The Labute approximate surface area is 107 Å². The van der Waals surface area contributed by atoms with E-state index in [0.29, 0.717) is 5.92 Å². The van der Waals surface area contributed by atoms with Gasteiger partial charge in [0.25, 0.3) is 0 Å². The van der Waals surface area contributed by atoms with Crippen molar-refractivity contribution in [3.8, 4) is 0 Å². The van der Waals surface area contributed by atoms with E-state index in [9.17, 15) is 0 Å². The highest BCUT2D eigenvalue weighted by atomic mass is 35.5. The smallest absolute Gasteiger partial charge is 0.0806 e. The highest BCUT2D eigenvalue weighted by molar-refractivity contribution is 6.31. The van der Waals surface area contributed by atoms with Gasteiger partial charge in [-0.15, -0.1) is 0 Å². The summed E-state index contributed by atoms with van der Waals surface area (Å²) < 4.78 is 5.57. The summed E-state index contributed by atoms with van der Waals surface area (Å²) in [5.74, 6) is 6.27. The van der Waals surface area contributed by atoms with Crippen LogP contribution in [0.5, 0.6) is 0 Å². The molecule has 1 aliphatic carbocycles. The zero-order chi connectivity index (χ0) is 12.4. The predicted octanol–water partition coefficient (Wildman–Crippen LogP) is 2.58. The molecule has 17 heavy (non-hydrogen) atoms. The Morgan fingerprint density at radius 2 is 2.18 bits per heavy atom. The average Bonchev–Trinajstić information content (AvgIpc) is 3.14. The van der Waals surface area contributed by atoms with Crippen LogP contribution in [0, 0.1) is 12.8 Å². The van der Waals surface area contributed by atoms with Gasteiger partial charge in [0.15, 0.2) is 0 Å². The van der Waals surface area contributed by atoms with Crippen molar-refractivity contribution < 1.29 is 4.74 Å². The Balaban J connectivity index is 2.23. The number of rotatable bonds is 5. The number of benzene rings is 1. The van der Waals surface area contributed by atoms with E-state index in [0.717, 1.165) is 16.1 Å². The van der Waals surface area contributed by atoms with E-state index < -0.39 is 0 Å². The first-order valence-corrected chi connectivity index (χ1v) is 6.30. The molecule has 2 rings (SSSR count). The third-order valence-corrected chi connectivity index (χ3v) is 3.83. The van der Waals surface area contributed by atoms with Crippen molar-refractivity contribution in [3.05, 3.63) is 34.3 Å². The monoisotopic (exact) mass is 254 g/mol. The molecule has 0 amide bonds. The van der Waals surface area contributed by atoms with Gasteiger partial charge in [-0.3, -0.25) is 11.3 Å². The van der Waals surface area contributed by atoms with Gasteiger partial charge in [-0.05, 0) is 42.9 Å². The van der Waals surface area contributed by atoms with Crippen LogP contribution in [0.15, 0.2) is 18.2 Å². The lowest BCUT2D eigenvalue weighted by Gasteiger charge is -2.26. The number of hydrogen-bond donors (Lipinski definition) is 2. The van der Waals surface area contributed by atoms with Crippen LogP contribution in [-0.2, 0) is 4.74 Å². The van der Waals surface area contributed by atoms with Gasteiger partial charge in [0.2, 0.25) is 0 Å². The lowest BCUT2D eigenvalue weighted by molar-refractivity contribution is 0.0507. The summed E-state index contributed by atoms with van der Waals surface area (Å²) in [7, 11) is 1.74. The van der Waals surface area contributed by atoms with Crippen molar-refractivity contribution >= 4 is 11.6 Å². The van der Waals surface area contributed by atoms with Crippen LogP contribution in [0.4, 0.5) is 0 Å². The maximum atomic E-state index is 6.15. The third kappa shape index (κ3) is 2.80. The van der Waals surface area contributed by atoms with Gasteiger partial charge in [0.1, 0.15) is 0 Å². The second kappa shape index (κ2) is 5.36. The van der Waals surface area contributed by atoms with Gasteiger partial charge in [-0.25, -0.2) is 0 Å². The van der Waals surface area contributed by atoms with Crippen LogP contribution < -0.4 is 11.3 Å². The molecule has 1 saturated carbocycles. The fraction of sp³-hybridized carbons (Fsp3) is 0.538. The fourth-order valence-corrected chi connectivity index (χ4v) is 2.40. The molecule has 3 N–H and O–H groups in total. The second-order valence-corrected chi connectivity index (χ2v) is 5.10. The number of hydrazine groups is 1. The van der Waals surface area contributed by atoms with E-state index in [1.165, 1.54) is 12.8 Å². The van der Waals surface area contributed by atoms with Gasteiger partial charge in [-0.1, -0.05) is 23.7 Å². The Morgan fingerprint density at radius 1 is 1.47 bits per heavy atom. The summed E-state index contributed by atoms with van der Waals surface area (Å²) in [6.45, 7) is 1.99. The van der Waals surface area contributed by atoms with Crippen LogP contribution >= 0.6 is 11.6 Å². The molecule has 1 aromatic carbocycles. The lowest BCUT2D eigenvalue weighted by Crippen LogP contribution is -2.38. The van der Waals surface area contributed by atoms with Crippen LogP contribution in [0.3, 0.4) is 0 Å². The van der Waals surface area contributed by atoms with E-state index in [2.05, 4.69) is 11.5 Å². The number of aryl methyl sites for hydroxylation is 1. The molecule has 0 radical (unpaired) electrons. The van der Waals surface area contributed by atoms with E-state index in [1.807, 2.05) is 19.1 Å². The second-order valence-electron chi connectivity index (χ2n) is 4.69. The van der Waals surface area contributed by atoms with Crippen LogP contribution in [0.1, 0.15) is 30.0 Å². The van der Waals surface area contributed by atoms with Crippen LogP contribution in [0.2, 0.25) is 5.02 Å². The zero-order valence-corrected chi connectivity index (χ0v) is 11.0. The lowest BCUT2D eigenvalue weighted by atomic mass is 9.97. The predicted molar refractivity (Wildman–Crippen MR) is 69.8 cm³/mol. The molecule has 0 spiro atoms. The van der Waals surface area contributed by atoms with Crippen molar-refractivity contribution in [3.63, 3.8) is 0 Å². The first kappa shape index (κ1) is 12.8. The Morgan fingerprint density at radius 3 is 2.65 bits per heavy atom. The van der Waals surface area contributed by atoms with Crippen molar-refractivity contribution in [1.82, 2.24) is 5.43 Å². The molecule has 0 bridgehead atoms. The highest BCUT2D eigenvalue weighted by Crippen LogP contribution is 2.39. The molecule has 0 heterocycles. The topological polar surface area (TPSA) is 47.3 Å². The van der Waals surface area contributed by atoms with E-state index in [-0.39, 0.29) is 12.1 Å². The molecule has 0 saturated heterocycles. The van der Waals surface area contributed by atoms with Crippen molar-refractivity contribution in [2.24, 2.45) is 11.8 Å². The number of methoxy groups -OCH3 is 1. The number of nitrogens with two attached hydrogens (primary N) is 1. The Bertz CT molecular complexity index is 393. The molecular formula is C13H19ClN2O. The Hall–Kier alpha value is -0.610. The molecule has 2 atom stereocenters. The highest BCUT2D eigenvalue weighted by Gasteiger charge is 2.37. The normalized spacial score (nSPS) is 19.1. The van der Waals surface area contributed by atoms with Gasteiger partial charge in [0.05, 0.1) is 12.1 Å². The summed E-state index contributed by atoms with van der Waals surface area (Å²) in [5.41, 5.74) is 5.01. The van der Waals surface area contributed by atoms with Gasteiger partial charge < -0.3 is 4.74 Å². The summed E-state index contributed by atoms with van der Waals surface area (Å²) in [5, 5.41) is 0.772. The van der Waals surface area contributed by atoms with Gasteiger partial charge >= 0.3 is 0 Å². The molecule has 3 nitrogen and oxygen atoms in total. The van der Waals surface area contributed by atoms with Crippen LogP contribution in [0.25, 0.3) is 0 Å². The van der Waals surface area contributed by atoms with E-state index in [4.69, 9.17) is 22.2 Å². The summed E-state index contributed by atoms with van der Waals surface area (Å²) >= 11 is 6.15. The Kier molecular flexibility index (Phi) is 4.05. The maximum Gasteiger partial charge on any atom is 0.0806 e. The number of hydrogen-bond acceptors (Lipinski definition) is 3. The number of nitrogens with one attached hydrogen (secondary N) is 1. The van der Waals surface area contributed by atoms with E-state index in [1.54, 1.807) is 7.11 Å². The first-order chi connectivity index (χ1) is 8.17. The summed E-state index contributed by atoms with van der Waals surface area (Å²) in [4.78, 5) is 0. The van der Waals surface area contributed by atoms with Crippen molar-refractivity contribution in [2.75, 3.05) is 7.11 Å². The standard InChI is InChI=1S/C13H19ClN2O/c1-8-3-4-10(7-11(8)14)12(16-15)13(17-2)9-5-6-9/h3-4,7,9,12-13,16H,5-6,15H2,1-2H3. The SMILES string of the molecule is COC(C1CC1)C(NN)c1ccc(C)c(Cl)c1. The molecular weight excluding hydrogens is 236 g/mol. The maximum absolute atomic E-state index is 6.15. The number of ether oxygens (including phenoxy) is 1. The van der Waals surface area contributed by atoms with Crippen LogP contribution in [-0.4, -0.2) is 13.2 Å². The summed E-state index contributed by atoms with van der Waals surface area (Å²) in [6.07, 6.45) is 2.56. The largest absolute Gasteiger partial charge is 0.379 e. The quantitative estimate of drug-likeness (QED) is 0.627. The summed E-state index contributed by atoms with van der Waals surface area (Å²) in [6, 6.07) is 6.04. The molecule has 94 valence electrons.